The number of amides is 1. The minimum atomic E-state index is -0.622. The summed E-state index contributed by atoms with van der Waals surface area (Å²) >= 11 is 0. The smallest absolute Gasteiger partial charge is 0.237 e. The zero-order valence-electron chi connectivity index (χ0n) is 14.2. The number of nitrogens with two attached hydrogens (primary N) is 1. The molecule has 1 amide bonds. The van der Waals surface area contributed by atoms with Gasteiger partial charge in [0.1, 0.15) is 0 Å². The molecule has 0 aromatic heterocycles. The van der Waals surface area contributed by atoms with Gasteiger partial charge in [-0.05, 0) is 67.3 Å². The van der Waals surface area contributed by atoms with Gasteiger partial charge in [-0.15, -0.1) is 0 Å². The van der Waals surface area contributed by atoms with Crippen molar-refractivity contribution in [2.24, 2.45) is 5.73 Å². The zero-order chi connectivity index (χ0) is 15.8. The summed E-state index contributed by atoms with van der Waals surface area (Å²) in [4.78, 5) is 16.3. The van der Waals surface area contributed by atoms with E-state index in [0.29, 0.717) is 0 Å². The molecule has 0 aliphatic heterocycles. The Labute approximate surface area is 124 Å². The molecule has 0 aromatic rings. The Balaban J connectivity index is 4.32. The molecule has 0 fully saturated rings. The number of hydrogen-bond acceptors (Lipinski definition) is 4. The molecule has 0 aromatic carbocycles. The maximum Gasteiger partial charge on any atom is 0.237 e. The van der Waals surface area contributed by atoms with Crippen molar-refractivity contribution < 1.29 is 4.79 Å². The van der Waals surface area contributed by atoms with Crippen LogP contribution < -0.4 is 11.1 Å². The van der Waals surface area contributed by atoms with Crippen molar-refractivity contribution in [3.63, 3.8) is 0 Å². The van der Waals surface area contributed by atoms with E-state index in [1.807, 2.05) is 20.8 Å². The molecule has 0 bridgehead atoms. The Morgan fingerprint density at radius 3 is 2.25 bits per heavy atom. The van der Waals surface area contributed by atoms with Crippen LogP contribution in [0.5, 0.6) is 0 Å². The van der Waals surface area contributed by atoms with E-state index in [1.54, 1.807) is 0 Å². The third kappa shape index (κ3) is 7.82. The van der Waals surface area contributed by atoms with Crippen LogP contribution >= 0.6 is 0 Å². The topological polar surface area (TPSA) is 61.6 Å². The summed E-state index contributed by atoms with van der Waals surface area (Å²) < 4.78 is 0. The fourth-order valence-electron chi connectivity index (χ4n) is 2.32. The molecule has 1 atom stereocenters. The molecule has 3 N–H and O–H groups in total. The number of primary amides is 1. The molecule has 120 valence electrons. The van der Waals surface area contributed by atoms with Crippen LogP contribution in [0.4, 0.5) is 0 Å². The predicted molar refractivity (Wildman–Crippen MR) is 85.8 cm³/mol. The average molecular weight is 286 g/mol. The van der Waals surface area contributed by atoms with Crippen molar-refractivity contribution in [3.8, 4) is 0 Å². The van der Waals surface area contributed by atoms with E-state index < -0.39 is 5.54 Å². The van der Waals surface area contributed by atoms with Crippen molar-refractivity contribution in [3.05, 3.63) is 0 Å². The molecule has 5 heteroatoms. The van der Waals surface area contributed by atoms with Crippen LogP contribution in [-0.4, -0.2) is 67.6 Å². The number of carbonyl (C=O) groups excluding carboxylic acids is 1. The standard InChI is InChI=1S/C15H34N4O/c1-7-19(11-8-10-18(5)6)12-9-15(4,14(16)20)17-13(2)3/h13,17H,7-12H2,1-6H3,(H2,16,20). The Morgan fingerprint density at radius 1 is 1.25 bits per heavy atom. The lowest BCUT2D eigenvalue weighted by molar-refractivity contribution is -0.124. The molecule has 0 aliphatic carbocycles. The average Bonchev–Trinajstić information content (AvgIpc) is 2.32. The number of hydrogen-bond donors (Lipinski definition) is 2. The van der Waals surface area contributed by atoms with Crippen molar-refractivity contribution in [1.29, 1.82) is 0 Å². The van der Waals surface area contributed by atoms with E-state index >= 15 is 0 Å². The quantitative estimate of drug-likeness (QED) is 0.592. The van der Waals surface area contributed by atoms with E-state index in [9.17, 15) is 4.79 Å². The molecule has 5 nitrogen and oxygen atoms in total. The molecule has 0 radical (unpaired) electrons. The highest BCUT2D eigenvalue weighted by Gasteiger charge is 2.31. The Hall–Kier alpha value is -0.650. The molecule has 0 saturated heterocycles. The van der Waals surface area contributed by atoms with Crippen molar-refractivity contribution >= 4 is 5.91 Å². The summed E-state index contributed by atoms with van der Waals surface area (Å²) in [5, 5.41) is 3.30. The third-order valence-electron chi connectivity index (χ3n) is 3.61. The number of rotatable bonds is 11. The highest BCUT2D eigenvalue weighted by atomic mass is 16.1. The summed E-state index contributed by atoms with van der Waals surface area (Å²) in [7, 11) is 4.18. The van der Waals surface area contributed by atoms with Gasteiger partial charge in [-0.2, -0.15) is 0 Å². The molecule has 0 rings (SSSR count). The summed E-state index contributed by atoms with van der Waals surface area (Å²) in [5.41, 5.74) is 4.94. The minimum absolute atomic E-state index is 0.247. The lowest BCUT2D eigenvalue weighted by atomic mass is 9.95. The first kappa shape index (κ1) is 19.4. The maximum absolute atomic E-state index is 11.7. The first-order valence-electron chi connectivity index (χ1n) is 7.66. The lowest BCUT2D eigenvalue weighted by Gasteiger charge is -2.32. The second-order valence-electron chi connectivity index (χ2n) is 6.34. The van der Waals surface area contributed by atoms with Gasteiger partial charge in [-0.3, -0.25) is 4.79 Å². The van der Waals surface area contributed by atoms with Gasteiger partial charge in [0, 0.05) is 12.6 Å². The Bertz CT molecular complexity index is 281. The largest absolute Gasteiger partial charge is 0.368 e. The van der Waals surface area contributed by atoms with E-state index in [0.717, 1.165) is 39.0 Å². The van der Waals surface area contributed by atoms with Crippen molar-refractivity contribution in [2.45, 2.75) is 52.1 Å². The zero-order valence-corrected chi connectivity index (χ0v) is 14.2. The van der Waals surface area contributed by atoms with E-state index in [1.165, 1.54) is 0 Å². The van der Waals surface area contributed by atoms with Gasteiger partial charge < -0.3 is 20.9 Å². The van der Waals surface area contributed by atoms with Gasteiger partial charge in [0.25, 0.3) is 0 Å². The monoisotopic (exact) mass is 286 g/mol. The van der Waals surface area contributed by atoms with Crippen LogP contribution in [0.2, 0.25) is 0 Å². The van der Waals surface area contributed by atoms with Gasteiger partial charge in [0.15, 0.2) is 0 Å². The molecule has 0 aliphatic rings. The molecule has 20 heavy (non-hydrogen) atoms. The molecular weight excluding hydrogens is 252 g/mol. The van der Waals surface area contributed by atoms with E-state index in [4.69, 9.17) is 5.73 Å². The molecular formula is C15H34N4O. The highest BCUT2D eigenvalue weighted by molar-refractivity contribution is 5.84. The lowest BCUT2D eigenvalue weighted by Crippen LogP contribution is -2.56. The normalized spacial score (nSPS) is 15.1. The fourth-order valence-corrected chi connectivity index (χ4v) is 2.32. The number of carbonyl (C=O) groups is 1. The first-order chi connectivity index (χ1) is 9.21. The second-order valence-corrected chi connectivity index (χ2v) is 6.34. The van der Waals surface area contributed by atoms with Gasteiger partial charge in [0.2, 0.25) is 5.91 Å². The van der Waals surface area contributed by atoms with Crippen molar-refractivity contribution in [1.82, 2.24) is 15.1 Å². The third-order valence-corrected chi connectivity index (χ3v) is 3.61. The number of nitrogens with zero attached hydrogens (tertiary/aromatic N) is 2. The van der Waals surface area contributed by atoms with Crippen LogP contribution in [0.1, 0.15) is 40.5 Å². The molecule has 1 unspecified atom stereocenters. The summed E-state index contributed by atoms with van der Waals surface area (Å²) in [6, 6.07) is 0.247. The van der Waals surface area contributed by atoms with Gasteiger partial charge >= 0.3 is 0 Å². The molecule has 0 spiro atoms. The van der Waals surface area contributed by atoms with Gasteiger partial charge in [-0.1, -0.05) is 6.92 Å². The van der Waals surface area contributed by atoms with Crippen molar-refractivity contribution in [2.75, 3.05) is 40.3 Å². The van der Waals surface area contributed by atoms with Crippen LogP contribution in [0, 0.1) is 0 Å². The SMILES string of the molecule is CCN(CCCN(C)C)CCC(C)(NC(C)C)C(N)=O. The highest BCUT2D eigenvalue weighted by Crippen LogP contribution is 2.12. The van der Waals surface area contributed by atoms with E-state index in [2.05, 4.69) is 36.1 Å². The summed E-state index contributed by atoms with van der Waals surface area (Å²) in [6.45, 7) is 12.2. The molecule has 0 saturated carbocycles. The predicted octanol–water partition coefficient (Wildman–Crippen LogP) is 0.892. The van der Waals surface area contributed by atoms with Gasteiger partial charge in [-0.25, -0.2) is 0 Å². The second kappa shape index (κ2) is 9.32. The van der Waals surface area contributed by atoms with Gasteiger partial charge in [0.05, 0.1) is 5.54 Å². The Kier molecular flexibility index (Phi) is 9.01. The minimum Gasteiger partial charge on any atom is -0.368 e. The van der Waals surface area contributed by atoms with Crippen LogP contribution in [0.15, 0.2) is 0 Å². The maximum atomic E-state index is 11.7. The first-order valence-corrected chi connectivity index (χ1v) is 7.66. The van der Waals surface area contributed by atoms with E-state index in [-0.39, 0.29) is 11.9 Å². The Morgan fingerprint density at radius 2 is 1.85 bits per heavy atom. The number of nitrogens with one attached hydrogen (secondary N) is 1. The summed E-state index contributed by atoms with van der Waals surface area (Å²) in [6.07, 6.45) is 1.89. The molecule has 0 heterocycles. The fraction of sp³-hybridized carbons (Fsp3) is 0.933. The van der Waals surface area contributed by atoms with Crippen LogP contribution in [-0.2, 0) is 4.79 Å². The van der Waals surface area contributed by atoms with Crippen LogP contribution in [0.25, 0.3) is 0 Å². The summed E-state index contributed by atoms with van der Waals surface area (Å²) in [5.74, 6) is -0.268. The van der Waals surface area contributed by atoms with Crippen LogP contribution in [0.3, 0.4) is 0 Å².